The van der Waals surface area contributed by atoms with E-state index in [2.05, 4.69) is 9.97 Å². The molecule has 0 amide bonds. The Morgan fingerprint density at radius 3 is 2.95 bits per heavy atom. The molecule has 2 aromatic heterocycles. The molecule has 0 aliphatic carbocycles. The first-order valence-corrected chi connectivity index (χ1v) is 7.19. The third kappa shape index (κ3) is 2.71. The van der Waals surface area contributed by atoms with E-state index in [9.17, 15) is 4.79 Å². The first-order valence-electron chi connectivity index (χ1n) is 6.31. The summed E-state index contributed by atoms with van der Waals surface area (Å²) >= 11 is 1.51. The molecule has 2 heterocycles. The Hall–Kier alpha value is -2.47. The quantitative estimate of drug-likeness (QED) is 0.799. The molecule has 21 heavy (non-hydrogen) atoms. The van der Waals surface area contributed by atoms with E-state index in [0.717, 1.165) is 15.8 Å². The molecule has 0 atom stereocenters. The lowest BCUT2D eigenvalue weighted by Crippen LogP contribution is -2.02. The van der Waals surface area contributed by atoms with Crippen LogP contribution in [0.25, 0.3) is 10.2 Å². The van der Waals surface area contributed by atoms with Crippen LogP contribution in [0.4, 0.5) is 0 Å². The highest BCUT2D eigenvalue weighted by molar-refractivity contribution is 7.17. The number of aryl methyl sites for hydroxylation is 1. The van der Waals surface area contributed by atoms with Crippen molar-refractivity contribution in [2.24, 2.45) is 0 Å². The van der Waals surface area contributed by atoms with Crippen LogP contribution in [-0.4, -0.2) is 21.0 Å². The van der Waals surface area contributed by atoms with E-state index in [-0.39, 0.29) is 6.42 Å². The number of benzene rings is 1. The Morgan fingerprint density at radius 2 is 2.14 bits per heavy atom. The van der Waals surface area contributed by atoms with Gasteiger partial charge in [-0.25, -0.2) is 9.97 Å². The van der Waals surface area contributed by atoms with Gasteiger partial charge >= 0.3 is 5.97 Å². The SMILES string of the molecule is Cc1csc2c(Oc3ccccc3CC(=O)O)ncnc12. The van der Waals surface area contributed by atoms with Crippen molar-refractivity contribution >= 4 is 27.5 Å². The number of ether oxygens (including phenoxy) is 1. The molecule has 6 heteroatoms. The molecule has 1 aromatic carbocycles. The van der Waals surface area contributed by atoms with E-state index in [0.29, 0.717) is 17.2 Å². The van der Waals surface area contributed by atoms with Crippen LogP contribution in [0.2, 0.25) is 0 Å². The van der Waals surface area contributed by atoms with Crippen LogP contribution in [0.1, 0.15) is 11.1 Å². The summed E-state index contributed by atoms with van der Waals surface area (Å²) in [5.41, 5.74) is 2.55. The number of nitrogens with zero attached hydrogens (tertiary/aromatic N) is 2. The van der Waals surface area contributed by atoms with Crippen molar-refractivity contribution in [1.29, 1.82) is 0 Å². The molecule has 106 valence electrons. The fraction of sp³-hybridized carbons (Fsp3) is 0.133. The minimum Gasteiger partial charge on any atom is -0.481 e. The maximum atomic E-state index is 10.9. The highest BCUT2D eigenvalue weighted by atomic mass is 32.1. The second-order valence-corrected chi connectivity index (χ2v) is 5.44. The van der Waals surface area contributed by atoms with Crippen LogP contribution in [0.5, 0.6) is 11.6 Å². The van der Waals surface area contributed by atoms with Crippen molar-refractivity contribution < 1.29 is 14.6 Å². The minimum absolute atomic E-state index is 0.0894. The van der Waals surface area contributed by atoms with Crippen LogP contribution in [0.15, 0.2) is 36.0 Å². The monoisotopic (exact) mass is 300 g/mol. The Labute approximate surface area is 124 Å². The van der Waals surface area contributed by atoms with Crippen LogP contribution in [0.3, 0.4) is 0 Å². The topological polar surface area (TPSA) is 72.3 Å². The molecule has 0 spiro atoms. The average Bonchev–Trinajstić information content (AvgIpc) is 2.83. The van der Waals surface area contributed by atoms with E-state index in [4.69, 9.17) is 9.84 Å². The number of carboxylic acids is 1. The summed E-state index contributed by atoms with van der Waals surface area (Å²) in [6.45, 7) is 1.98. The number of fused-ring (bicyclic) bond motifs is 1. The molecule has 0 radical (unpaired) electrons. The van der Waals surface area contributed by atoms with Gasteiger partial charge in [0.25, 0.3) is 0 Å². The van der Waals surface area contributed by atoms with Gasteiger partial charge in [0.2, 0.25) is 5.88 Å². The first-order chi connectivity index (χ1) is 10.1. The number of para-hydroxylation sites is 1. The molecule has 0 fully saturated rings. The van der Waals surface area contributed by atoms with Gasteiger partial charge in [-0.1, -0.05) is 18.2 Å². The van der Waals surface area contributed by atoms with Crippen LogP contribution >= 0.6 is 11.3 Å². The van der Waals surface area contributed by atoms with E-state index in [1.807, 2.05) is 12.3 Å². The van der Waals surface area contributed by atoms with Crippen molar-refractivity contribution in [3.63, 3.8) is 0 Å². The fourth-order valence-corrected chi connectivity index (χ4v) is 2.96. The molecule has 3 rings (SSSR count). The molecule has 0 aliphatic heterocycles. The highest BCUT2D eigenvalue weighted by Crippen LogP contribution is 2.33. The zero-order valence-corrected chi connectivity index (χ0v) is 12.1. The van der Waals surface area contributed by atoms with E-state index >= 15 is 0 Å². The molecule has 0 saturated carbocycles. The maximum absolute atomic E-state index is 10.9. The minimum atomic E-state index is -0.897. The average molecular weight is 300 g/mol. The number of rotatable bonds is 4. The predicted octanol–water partition coefficient (Wildman–Crippen LogP) is 3.42. The number of aromatic nitrogens is 2. The second-order valence-electron chi connectivity index (χ2n) is 4.56. The molecule has 5 nitrogen and oxygen atoms in total. The zero-order chi connectivity index (χ0) is 14.8. The summed E-state index contributed by atoms with van der Waals surface area (Å²) in [5.74, 6) is 0.0627. The van der Waals surface area contributed by atoms with Gasteiger partial charge in [-0.3, -0.25) is 4.79 Å². The molecular weight excluding hydrogens is 288 g/mol. The molecule has 0 unspecified atom stereocenters. The Bertz CT molecular complexity index is 814. The van der Waals surface area contributed by atoms with Gasteiger partial charge in [0.1, 0.15) is 16.8 Å². The summed E-state index contributed by atoms with van der Waals surface area (Å²) in [6, 6.07) is 7.07. The number of thiophene rings is 1. The number of hydrogen-bond donors (Lipinski definition) is 1. The predicted molar refractivity (Wildman–Crippen MR) is 80.0 cm³/mol. The van der Waals surface area contributed by atoms with Crippen LogP contribution in [0, 0.1) is 6.92 Å². The van der Waals surface area contributed by atoms with Gasteiger partial charge < -0.3 is 9.84 Å². The van der Waals surface area contributed by atoms with Crippen molar-refractivity contribution in [3.05, 3.63) is 47.1 Å². The fourth-order valence-electron chi connectivity index (χ4n) is 2.04. The van der Waals surface area contributed by atoms with Gasteiger partial charge in [-0.15, -0.1) is 11.3 Å². The summed E-state index contributed by atoms with van der Waals surface area (Å²) in [4.78, 5) is 19.3. The third-order valence-electron chi connectivity index (χ3n) is 3.02. The van der Waals surface area contributed by atoms with Crippen LogP contribution in [-0.2, 0) is 11.2 Å². The maximum Gasteiger partial charge on any atom is 0.307 e. The Balaban J connectivity index is 2.01. The number of aliphatic carboxylic acids is 1. The number of carboxylic acid groups (broad SMARTS) is 1. The van der Waals surface area contributed by atoms with Gasteiger partial charge in [0, 0.05) is 5.56 Å². The molecule has 0 aliphatic rings. The lowest BCUT2D eigenvalue weighted by molar-refractivity contribution is -0.136. The Morgan fingerprint density at radius 1 is 1.33 bits per heavy atom. The Kier molecular flexibility index (Phi) is 3.53. The van der Waals surface area contributed by atoms with Gasteiger partial charge in [-0.05, 0) is 23.9 Å². The largest absolute Gasteiger partial charge is 0.481 e. The van der Waals surface area contributed by atoms with Crippen molar-refractivity contribution in [2.45, 2.75) is 13.3 Å². The molecule has 0 bridgehead atoms. The van der Waals surface area contributed by atoms with E-state index in [1.165, 1.54) is 17.7 Å². The zero-order valence-electron chi connectivity index (χ0n) is 11.2. The van der Waals surface area contributed by atoms with Gasteiger partial charge in [0.05, 0.1) is 11.9 Å². The summed E-state index contributed by atoms with van der Waals surface area (Å²) in [7, 11) is 0. The van der Waals surface area contributed by atoms with Gasteiger partial charge in [-0.2, -0.15) is 0 Å². The molecule has 3 aromatic rings. The first kappa shape index (κ1) is 13.5. The summed E-state index contributed by atoms with van der Waals surface area (Å²) < 4.78 is 6.69. The summed E-state index contributed by atoms with van der Waals surface area (Å²) in [5, 5.41) is 10.9. The lowest BCUT2D eigenvalue weighted by Gasteiger charge is -2.09. The number of carbonyl (C=O) groups is 1. The molecule has 1 N–H and O–H groups in total. The standard InChI is InChI=1S/C15H12N2O3S/c1-9-7-21-14-13(9)16-8-17-15(14)20-11-5-3-2-4-10(11)6-12(18)19/h2-5,7-8H,6H2,1H3,(H,18,19). The van der Waals surface area contributed by atoms with Crippen molar-refractivity contribution in [1.82, 2.24) is 9.97 Å². The van der Waals surface area contributed by atoms with Crippen molar-refractivity contribution in [3.8, 4) is 11.6 Å². The second kappa shape index (κ2) is 5.49. The smallest absolute Gasteiger partial charge is 0.307 e. The van der Waals surface area contributed by atoms with Gasteiger partial charge in [0.15, 0.2) is 0 Å². The molecule has 0 saturated heterocycles. The third-order valence-corrected chi connectivity index (χ3v) is 4.09. The van der Waals surface area contributed by atoms with E-state index < -0.39 is 5.97 Å². The normalized spacial score (nSPS) is 10.7. The lowest BCUT2D eigenvalue weighted by atomic mass is 10.1. The number of hydrogen-bond acceptors (Lipinski definition) is 5. The summed E-state index contributed by atoms with van der Waals surface area (Å²) in [6.07, 6.45) is 1.37. The van der Waals surface area contributed by atoms with Crippen LogP contribution < -0.4 is 4.74 Å². The van der Waals surface area contributed by atoms with Crippen molar-refractivity contribution in [2.75, 3.05) is 0 Å². The van der Waals surface area contributed by atoms with E-state index in [1.54, 1.807) is 24.3 Å². The molecular formula is C15H12N2O3S. The highest BCUT2D eigenvalue weighted by Gasteiger charge is 2.13.